The van der Waals surface area contributed by atoms with Crippen LogP contribution in [0.2, 0.25) is 5.28 Å². The lowest BCUT2D eigenvalue weighted by atomic mass is 10.0. The summed E-state index contributed by atoms with van der Waals surface area (Å²) < 4.78 is 26.8. The Bertz CT molecular complexity index is 1060. The van der Waals surface area contributed by atoms with Gasteiger partial charge in [0.05, 0.1) is 28.0 Å². The van der Waals surface area contributed by atoms with Crippen molar-refractivity contribution < 1.29 is 18.7 Å². The van der Waals surface area contributed by atoms with Crippen LogP contribution in [0.5, 0.6) is 5.75 Å². The number of amides is 1. The molecule has 7 nitrogen and oxygen atoms in total. The molecule has 1 aromatic carbocycles. The standard InChI is InChI=1S/C20H21BrClFN4O3/c1-20(2,3)30-19(28)27-9-4-5-11(27)12-8-29-13-6-10(21)15(23)16-14(13)17(26(12)7-9)25-18(22)24-16/h6,9,11-12H,4-5,7-8H2,1-3H3/t9?,11-,12+/m0/s1. The smallest absolute Gasteiger partial charge is 0.410 e. The maximum atomic E-state index is 14.8. The molecule has 3 aliphatic heterocycles. The highest BCUT2D eigenvalue weighted by molar-refractivity contribution is 9.10. The second kappa shape index (κ2) is 6.82. The zero-order valence-corrected chi connectivity index (χ0v) is 19.1. The van der Waals surface area contributed by atoms with Gasteiger partial charge in [0.1, 0.15) is 29.3 Å². The lowest BCUT2D eigenvalue weighted by Crippen LogP contribution is -2.63. The Morgan fingerprint density at radius 1 is 1.33 bits per heavy atom. The van der Waals surface area contributed by atoms with Crippen LogP contribution < -0.4 is 9.64 Å². The predicted octanol–water partition coefficient (Wildman–Crippen LogP) is 4.53. The van der Waals surface area contributed by atoms with Gasteiger partial charge in [0, 0.05) is 6.54 Å². The lowest BCUT2D eigenvalue weighted by Gasteiger charge is -2.46. The number of carbonyl (C=O) groups is 1. The molecule has 2 bridgehead atoms. The van der Waals surface area contributed by atoms with E-state index in [0.29, 0.717) is 30.1 Å². The summed E-state index contributed by atoms with van der Waals surface area (Å²) >= 11 is 9.40. The van der Waals surface area contributed by atoms with Crippen molar-refractivity contribution in [1.29, 1.82) is 0 Å². The molecule has 160 valence electrons. The fourth-order valence-corrected chi connectivity index (χ4v) is 5.31. The van der Waals surface area contributed by atoms with Crippen molar-refractivity contribution in [1.82, 2.24) is 14.9 Å². The monoisotopic (exact) mass is 498 g/mol. The minimum Gasteiger partial charge on any atom is -0.490 e. The van der Waals surface area contributed by atoms with Crippen LogP contribution in [-0.4, -0.2) is 57.8 Å². The lowest BCUT2D eigenvalue weighted by molar-refractivity contribution is 0.00547. The summed E-state index contributed by atoms with van der Waals surface area (Å²) in [7, 11) is 0. The van der Waals surface area contributed by atoms with Crippen LogP contribution >= 0.6 is 27.5 Å². The predicted molar refractivity (Wildman–Crippen MR) is 114 cm³/mol. The summed E-state index contributed by atoms with van der Waals surface area (Å²) in [5, 5.41) is 0.482. The number of fused-ring (bicyclic) bond motifs is 5. The maximum absolute atomic E-state index is 14.8. The largest absolute Gasteiger partial charge is 0.490 e. The Morgan fingerprint density at radius 3 is 2.83 bits per heavy atom. The van der Waals surface area contributed by atoms with Crippen molar-refractivity contribution in [3.63, 3.8) is 0 Å². The Morgan fingerprint density at radius 2 is 2.10 bits per heavy atom. The van der Waals surface area contributed by atoms with E-state index in [1.807, 2.05) is 25.7 Å². The summed E-state index contributed by atoms with van der Waals surface area (Å²) in [6, 6.07) is 1.33. The highest BCUT2D eigenvalue weighted by Crippen LogP contribution is 2.45. The van der Waals surface area contributed by atoms with Gasteiger partial charge in [-0.05, 0) is 67.2 Å². The molecule has 2 aromatic rings. The third-order valence-electron chi connectivity index (χ3n) is 5.87. The van der Waals surface area contributed by atoms with Gasteiger partial charge in [-0.25, -0.2) is 14.2 Å². The molecule has 0 radical (unpaired) electrons. The molecule has 3 aliphatic rings. The number of benzene rings is 1. The first kappa shape index (κ1) is 20.1. The third kappa shape index (κ3) is 3.09. The van der Waals surface area contributed by atoms with Gasteiger partial charge in [0.15, 0.2) is 5.82 Å². The van der Waals surface area contributed by atoms with E-state index in [9.17, 15) is 9.18 Å². The summed E-state index contributed by atoms with van der Waals surface area (Å²) in [4.78, 5) is 25.4. The Labute approximate surface area is 186 Å². The van der Waals surface area contributed by atoms with Crippen molar-refractivity contribution in [2.24, 2.45) is 0 Å². The van der Waals surface area contributed by atoms with Crippen LogP contribution in [0.25, 0.3) is 10.9 Å². The van der Waals surface area contributed by atoms with Crippen LogP contribution in [0, 0.1) is 5.82 Å². The molecule has 3 atom stereocenters. The number of piperazine rings is 1. The third-order valence-corrected chi connectivity index (χ3v) is 6.61. The maximum Gasteiger partial charge on any atom is 0.410 e. The fraction of sp³-hybridized carbons (Fsp3) is 0.550. The zero-order chi connectivity index (χ0) is 21.4. The first-order valence-electron chi connectivity index (χ1n) is 9.90. The molecule has 1 amide bonds. The molecule has 1 aromatic heterocycles. The van der Waals surface area contributed by atoms with Crippen molar-refractivity contribution >= 4 is 50.3 Å². The van der Waals surface area contributed by atoms with Gasteiger partial charge in [-0.1, -0.05) is 0 Å². The number of hydrogen-bond acceptors (Lipinski definition) is 6. The number of hydrogen-bond donors (Lipinski definition) is 0. The van der Waals surface area contributed by atoms with Gasteiger partial charge in [0.25, 0.3) is 0 Å². The molecule has 30 heavy (non-hydrogen) atoms. The molecule has 10 heteroatoms. The van der Waals surface area contributed by atoms with Gasteiger partial charge in [-0.2, -0.15) is 4.98 Å². The first-order valence-corrected chi connectivity index (χ1v) is 11.1. The minimum atomic E-state index is -0.569. The Balaban J connectivity index is 1.59. The van der Waals surface area contributed by atoms with E-state index in [-0.39, 0.29) is 39.5 Å². The van der Waals surface area contributed by atoms with Gasteiger partial charge in [-0.3, -0.25) is 4.90 Å². The van der Waals surface area contributed by atoms with Crippen LogP contribution in [0.3, 0.4) is 0 Å². The molecule has 0 aliphatic carbocycles. The fourth-order valence-electron chi connectivity index (χ4n) is 4.75. The van der Waals surface area contributed by atoms with E-state index >= 15 is 0 Å². The number of halogens is 3. The second-order valence-electron chi connectivity index (χ2n) is 8.93. The van der Waals surface area contributed by atoms with E-state index in [4.69, 9.17) is 21.1 Å². The van der Waals surface area contributed by atoms with Crippen molar-refractivity contribution in [2.45, 2.75) is 57.3 Å². The van der Waals surface area contributed by atoms with Crippen LogP contribution in [0.4, 0.5) is 15.0 Å². The second-order valence-corrected chi connectivity index (χ2v) is 10.1. The number of carbonyl (C=O) groups excluding carboxylic acids is 1. The number of ether oxygens (including phenoxy) is 2. The number of nitrogens with zero attached hydrogens (tertiary/aromatic N) is 4. The molecule has 5 rings (SSSR count). The molecule has 4 heterocycles. The quantitative estimate of drug-likeness (QED) is 0.496. The molecular formula is C20H21BrClFN4O3. The molecular weight excluding hydrogens is 479 g/mol. The molecule has 2 fully saturated rings. The summed E-state index contributed by atoms with van der Waals surface area (Å²) in [5.41, 5.74) is -0.447. The van der Waals surface area contributed by atoms with E-state index in [0.717, 1.165) is 12.8 Å². The van der Waals surface area contributed by atoms with Crippen molar-refractivity contribution in [2.75, 3.05) is 18.1 Å². The van der Waals surface area contributed by atoms with Gasteiger partial charge in [-0.15, -0.1) is 0 Å². The Hall–Kier alpha value is -1.87. The highest BCUT2D eigenvalue weighted by atomic mass is 79.9. The summed E-state index contributed by atoms with van der Waals surface area (Å²) in [5.74, 6) is 0.547. The normalized spacial score (nSPS) is 25.1. The Kier molecular flexibility index (Phi) is 4.56. The number of rotatable bonds is 0. The average molecular weight is 500 g/mol. The summed E-state index contributed by atoms with van der Waals surface area (Å²) in [6.45, 7) is 6.46. The average Bonchev–Trinajstić information content (AvgIpc) is 2.89. The molecule has 1 unspecified atom stereocenters. The van der Waals surface area contributed by atoms with Crippen molar-refractivity contribution in [3.8, 4) is 5.75 Å². The van der Waals surface area contributed by atoms with E-state index < -0.39 is 11.4 Å². The number of anilines is 1. The minimum absolute atomic E-state index is 0.0215. The molecule has 2 saturated heterocycles. The SMILES string of the molecule is CC(C)(C)OC(=O)N1C2CC[C@H]1[C@H]1COc3cc(Br)c(F)c4nc(Cl)nc(c34)N1C2. The topological polar surface area (TPSA) is 67.8 Å². The van der Waals surface area contributed by atoms with Crippen LogP contribution in [-0.2, 0) is 4.74 Å². The van der Waals surface area contributed by atoms with Gasteiger partial charge < -0.3 is 14.4 Å². The molecule has 0 saturated carbocycles. The van der Waals surface area contributed by atoms with Gasteiger partial charge >= 0.3 is 6.09 Å². The van der Waals surface area contributed by atoms with E-state index in [1.165, 1.54) is 0 Å². The summed E-state index contributed by atoms with van der Waals surface area (Å²) in [6.07, 6.45) is 1.39. The van der Waals surface area contributed by atoms with Crippen molar-refractivity contribution in [3.05, 3.63) is 21.6 Å². The van der Waals surface area contributed by atoms with Crippen LogP contribution in [0.15, 0.2) is 10.5 Å². The van der Waals surface area contributed by atoms with Crippen LogP contribution in [0.1, 0.15) is 33.6 Å². The molecule has 0 N–H and O–H groups in total. The first-order chi connectivity index (χ1) is 14.1. The van der Waals surface area contributed by atoms with Gasteiger partial charge in [0.2, 0.25) is 5.28 Å². The number of aromatic nitrogens is 2. The highest BCUT2D eigenvalue weighted by Gasteiger charge is 2.51. The molecule has 0 spiro atoms. The van der Waals surface area contributed by atoms with E-state index in [1.54, 1.807) is 6.07 Å². The zero-order valence-electron chi connectivity index (χ0n) is 16.8. The van der Waals surface area contributed by atoms with E-state index in [2.05, 4.69) is 30.8 Å².